The van der Waals surface area contributed by atoms with Crippen LogP contribution in [0.1, 0.15) is 55.1 Å². The van der Waals surface area contributed by atoms with E-state index in [-0.39, 0.29) is 30.4 Å². The minimum absolute atomic E-state index is 0.0711. The van der Waals surface area contributed by atoms with Crippen LogP contribution in [-0.4, -0.2) is 30.9 Å². The molecule has 0 aliphatic carbocycles. The molecule has 1 fully saturated rings. The lowest BCUT2D eigenvalue weighted by Gasteiger charge is -2.19. The minimum Gasteiger partial charge on any atom is -0.460 e. The van der Waals surface area contributed by atoms with Gasteiger partial charge in [-0.05, 0) is 47.2 Å². The average Bonchev–Trinajstić information content (AvgIpc) is 3.16. The molecule has 2 amide bonds. The first-order valence-corrected chi connectivity index (χ1v) is 10.2. The van der Waals surface area contributed by atoms with E-state index in [1.54, 1.807) is 29.2 Å². The molecule has 6 nitrogen and oxygen atoms in total. The third kappa shape index (κ3) is 5.47. The first kappa shape index (κ1) is 21.6. The second-order valence-corrected chi connectivity index (χ2v) is 8.49. The Labute approximate surface area is 177 Å². The molecule has 0 radical (unpaired) electrons. The fraction of sp³-hybridized carbons (Fsp3) is 0.375. The third-order valence-corrected chi connectivity index (χ3v) is 5.13. The summed E-state index contributed by atoms with van der Waals surface area (Å²) in [4.78, 5) is 37.7. The number of hydrogen-bond donors (Lipinski definition) is 1. The van der Waals surface area contributed by atoms with Gasteiger partial charge >= 0.3 is 5.97 Å². The molecule has 0 bridgehead atoms. The Hall–Kier alpha value is -3.15. The summed E-state index contributed by atoms with van der Waals surface area (Å²) >= 11 is 0. The molecule has 1 N–H and O–H groups in total. The van der Waals surface area contributed by atoms with Crippen molar-refractivity contribution in [1.29, 1.82) is 0 Å². The summed E-state index contributed by atoms with van der Waals surface area (Å²) in [5.41, 5.74) is 3.39. The maximum atomic E-state index is 12.3. The zero-order chi connectivity index (χ0) is 21.7. The Morgan fingerprint density at radius 3 is 2.27 bits per heavy atom. The first-order valence-electron chi connectivity index (χ1n) is 10.2. The van der Waals surface area contributed by atoms with E-state index < -0.39 is 5.97 Å². The lowest BCUT2D eigenvalue weighted by atomic mass is 9.87. The van der Waals surface area contributed by atoms with Crippen LogP contribution in [0.4, 0.5) is 5.69 Å². The minimum atomic E-state index is -0.498. The van der Waals surface area contributed by atoms with Gasteiger partial charge in [-0.2, -0.15) is 0 Å². The molecule has 0 aromatic heterocycles. The van der Waals surface area contributed by atoms with Gasteiger partial charge in [0.25, 0.3) is 5.91 Å². The van der Waals surface area contributed by atoms with Crippen LogP contribution in [0, 0.1) is 0 Å². The van der Waals surface area contributed by atoms with Gasteiger partial charge < -0.3 is 15.0 Å². The smallest absolute Gasteiger partial charge is 0.325 e. The standard InChI is InChI=1S/C24H28N2O4/c1-24(2,3)19-10-6-17(7-11-19)16-30-22(28)15-25-23(29)18-8-12-20(13-9-18)26-14-4-5-21(26)27/h6-13H,4-5,14-16H2,1-3H3,(H,25,29). The van der Waals surface area contributed by atoms with E-state index in [0.29, 0.717) is 18.5 Å². The number of carbonyl (C=O) groups is 3. The number of ether oxygens (including phenoxy) is 1. The number of rotatable bonds is 6. The zero-order valence-corrected chi connectivity index (χ0v) is 17.7. The van der Waals surface area contributed by atoms with Gasteiger partial charge in [0.1, 0.15) is 13.2 Å². The number of nitrogens with zero attached hydrogens (tertiary/aromatic N) is 1. The van der Waals surface area contributed by atoms with Gasteiger partial charge in [0, 0.05) is 24.2 Å². The quantitative estimate of drug-likeness (QED) is 0.742. The van der Waals surface area contributed by atoms with Crippen molar-refractivity contribution >= 4 is 23.5 Å². The predicted octanol–water partition coefficient (Wildman–Crippen LogP) is 3.58. The fourth-order valence-corrected chi connectivity index (χ4v) is 3.28. The summed E-state index contributed by atoms with van der Waals surface area (Å²) in [6.07, 6.45) is 1.41. The fourth-order valence-electron chi connectivity index (χ4n) is 3.28. The van der Waals surface area contributed by atoms with Gasteiger partial charge in [0.05, 0.1) is 0 Å². The lowest BCUT2D eigenvalue weighted by Crippen LogP contribution is -2.30. The lowest BCUT2D eigenvalue weighted by molar-refractivity contribution is -0.143. The van der Waals surface area contributed by atoms with Crippen molar-refractivity contribution in [2.45, 2.75) is 45.6 Å². The van der Waals surface area contributed by atoms with Crippen LogP contribution in [-0.2, 0) is 26.3 Å². The summed E-state index contributed by atoms with van der Waals surface area (Å²) < 4.78 is 5.24. The Morgan fingerprint density at radius 1 is 1.03 bits per heavy atom. The van der Waals surface area contributed by atoms with Crippen LogP contribution >= 0.6 is 0 Å². The highest BCUT2D eigenvalue weighted by Crippen LogP contribution is 2.23. The van der Waals surface area contributed by atoms with E-state index >= 15 is 0 Å². The molecule has 158 valence electrons. The van der Waals surface area contributed by atoms with Crippen molar-refractivity contribution in [2.75, 3.05) is 18.0 Å². The highest BCUT2D eigenvalue weighted by molar-refractivity contribution is 5.98. The second-order valence-electron chi connectivity index (χ2n) is 8.49. The van der Waals surface area contributed by atoms with Gasteiger partial charge in [-0.15, -0.1) is 0 Å². The molecular formula is C24H28N2O4. The number of anilines is 1. The summed E-state index contributed by atoms with van der Waals surface area (Å²) in [5, 5.41) is 2.57. The molecule has 30 heavy (non-hydrogen) atoms. The molecular weight excluding hydrogens is 380 g/mol. The topological polar surface area (TPSA) is 75.7 Å². The Kier molecular flexibility index (Phi) is 6.55. The number of nitrogens with one attached hydrogen (secondary N) is 1. The molecule has 0 saturated carbocycles. The van der Waals surface area contributed by atoms with Gasteiger partial charge in [-0.3, -0.25) is 14.4 Å². The Balaban J connectivity index is 1.45. The van der Waals surface area contributed by atoms with Crippen LogP contribution < -0.4 is 10.2 Å². The van der Waals surface area contributed by atoms with Crippen molar-refractivity contribution in [1.82, 2.24) is 5.32 Å². The molecule has 1 aliphatic heterocycles. The van der Waals surface area contributed by atoms with Crippen molar-refractivity contribution in [3.63, 3.8) is 0 Å². The van der Waals surface area contributed by atoms with Crippen LogP contribution in [0.15, 0.2) is 48.5 Å². The van der Waals surface area contributed by atoms with Crippen LogP contribution in [0.2, 0.25) is 0 Å². The zero-order valence-electron chi connectivity index (χ0n) is 17.7. The summed E-state index contributed by atoms with van der Waals surface area (Å²) in [7, 11) is 0. The highest BCUT2D eigenvalue weighted by atomic mass is 16.5. The third-order valence-electron chi connectivity index (χ3n) is 5.13. The highest BCUT2D eigenvalue weighted by Gasteiger charge is 2.21. The molecule has 1 aliphatic rings. The maximum Gasteiger partial charge on any atom is 0.325 e. The van der Waals surface area contributed by atoms with Gasteiger partial charge in [-0.25, -0.2) is 0 Å². The van der Waals surface area contributed by atoms with E-state index in [1.807, 2.05) is 24.3 Å². The van der Waals surface area contributed by atoms with Gasteiger partial charge in [-0.1, -0.05) is 45.0 Å². The average molecular weight is 408 g/mol. The molecule has 1 heterocycles. The second kappa shape index (κ2) is 9.11. The maximum absolute atomic E-state index is 12.3. The normalized spacial score (nSPS) is 14.0. The summed E-state index contributed by atoms with van der Waals surface area (Å²) in [5.74, 6) is -0.758. The molecule has 2 aromatic rings. The molecule has 3 rings (SSSR count). The van der Waals surface area contributed by atoms with Crippen molar-refractivity contribution < 1.29 is 19.1 Å². The van der Waals surface area contributed by atoms with E-state index in [2.05, 4.69) is 26.1 Å². The SMILES string of the molecule is CC(C)(C)c1ccc(COC(=O)CNC(=O)c2ccc(N3CCCC3=O)cc2)cc1. The monoisotopic (exact) mass is 408 g/mol. The van der Waals surface area contributed by atoms with Crippen molar-refractivity contribution in [2.24, 2.45) is 0 Å². The summed E-state index contributed by atoms with van der Waals surface area (Å²) in [6, 6.07) is 14.7. The number of carbonyl (C=O) groups excluding carboxylic acids is 3. The Morgan fingerprint density at radius 2 is 1.70 bits per heavy atom. The van der Waals surface area contributed by atoms with E-state index in [1.165, 1.54) is 5.56 Å². The number of esters is 1. The number of hydrogen-bond acceptors (Lipinski definition) is 4. The van der Waals surface area contributed by atoms with Crippen LogP contribution in [0.25, 0.3) is 0 Å². The van der Waals surface area contributed by atoms with E-state index in [9.17, 15) is 14.4 Å². The first-order chi connectivity index (χ1) is 14.2. The van der Waals surface area contributed by atoms with Crippen LogP contribution in [0.3, 0.4) is 0 Å². The number of benzene rings is 2. The molecule has 2 aromatic carbocycles. The molecule has 0 unspecified atom stereocenters. The molecule has 6 heteroatoms. The van der Waals surface area contributed by atoms with Gasteiger partial charge in [0.15, 0.2) is 0 Å². The predicted molar refractivity (Wildman–Crippen MR) is 115 cm³/mol. The van der Waals surface area contributed by atoms with Crippen molar-refractivity contribution in [3.05, 3.63) is 65.2 Å². The van der Waals surface area contributed by atoms with Gasteiger partial charge in [0.2, 0.25) is 5.91 Å². The molecule has 1 saturated heterocycles. The summed E-state index contributed by atoms with van der Waals surface area (Å²) in [6.45, 7) is 7.09. The number of amides is 2. The Bertz CT molecular complexity index is 912. The van der Waals surface area contributed by atoms with Crippen LogP contribution in [0.5, 0.6) is 0 Å². The van der Waals surface area contributed by atoms with Crippen molar-refractivity contribution in [3.8, 4) is 0 Å². The van der Waals surface area contributed by atoms with E-state index in [4.69, 9.17) is 4.74 Å². The molecule has 0 spiro atoms. The largest absolute Gasteiger partial charge is 0.460 e. The molecule has 0 atom stereocenters. The van der Waals surface area contributed by atoms with E-state index in [0.717, 1.165) is 17.7 Å².